The molecule has 0 atom stereocenters. The van der Waals surface area contributed by atoms with Gasteiger partial charge in [-0.15, -0.1) is 0 Å². The van der Waals surface area contributed by atoms with Crippen LogP contribution in [0, 0.1) is 0 Å². The number of carbonyl (C=O) groups is 1. The molecule has 0 aliphatic carbocycles. The minimum Gasteiger partial charge on any atom is -0.385 e. The third-order valence-electron chi connectivity index (χ3n) is 7.34. The number of nitrogens with zero attached hydrogens (tertiary/aromatic N) is 3. The van der Waals surface area contributed by atoms with Crippen molar-refractivity contribution in [2.24, 2.45) is 0 Å². The van der Waals surface area contributed by atoms with Gasteiger partial charge in [0.2, 0.25) is 0 Å². The molecule has 5 nitrogen and oxygen atoms in total. The molecule has 0 bridgehead atoms. The standard InChI is InChI=1S/C30H26Cl2F3N3O2/c1-2-25-26(36-27(23-5-3-4-6-24(23)32)38(25)22-13-11-21(31)12-14-22)28(39)37-17-15-29(40,16-18-37)19-7-9-20(10-8-19)30(33,34)35/h3-14,40H,2,15-18H2,1H3. The van der Waals surface area contributed by atoms with Crippen molar-refractivity contribution in [3.05, 3.63) is 105 Å². The number of piperidine rings is 1. The summed E-state index contributed by atoms with van der Waals surface area (Å²) in [5.41, 5.74) is 0.722. The lowest BCUT2D eigenvalue weighted by Gasteiger charge is -2.38. The van der Waals surface area contributed by atoms with Crippen LogP contribution in [0.1, 0.15) is 47.1 Å². The van der Waals surface area contributed by atoms with Crippen molar-refractivity contribution >= 4 is 29.1 Å². The molecule has 1 saturated heterocycles. The van der Waals surface area contributed by atoms with E-state index in [2.05, 4.69) is 0 Å². The Balaban J connectivity index is 1.46. The second-order valence-corrected chi connectivity index (χ2v) is 10.6. The zero-order chi connectivity index (χ0) is 28.7. The lowest BCUT2D eigenvalue weighted by molar-refractivity contribution is -0.137. The zero-order valence-corrected chi connectivity index (χ0v) is 23.1. The van der Waals surface area contributed by atoms with Crippen LogP contribution in [0.5, 0.6) is 0 Å². The van der Waals surface area contributed by atoms with Gasteiger partial charge in [-0.1, -0.05) is 54.4 Å². The van der Waals surface area contributed by atoms with Crippen molar-refractivity contribution in [2.45, 2.75) is 38.0 Å². The van der Waals surface area contributed by atoms with Crippen LogP contribution in [0.15, 0.2) is 72.8 Å². The highest BCUT2D eigenvalue weighted by Gasteiger charge is 2.38. The Morgan fingerprint density at radius 3 is 2.17 bits per heavy atom. The van der Waals surface area contributed by atoms with Crippen molar-refractivity contribution in [3.63, 3.8) is 0 Å². The molecule has 3 aromatic carbocycles. The van der Waals surface area contributed by atoms with Gasteiger partial charge in [-0.25, -0.2) is 4.98 Å². The molecule has 1 aliphatic rings. The maximum atomic E-state index is 13.8. The average molecular weight is 588 g/mol. The van der Waals surface area contributed by atoms with Crippen molar-refractivity contribution in [1.29, 1.82) is 0 Å². The SMILES string of the molecule is CCc1c(C(=O)N2CCC(O)(c3ccc(C(F)(F)F)cc3)CC2)nc(-c2ccccc2Cl)n1-c1ccc(Cl)cc1. The smallest absolute Gasteiger partial charge is 0.385 e. The van der Waals surface area contributed by atoms with Crippen LogP contribution in [-0.4, -0.2) is 38.6 Å². The molecule has 1 fully saturated rings. The quantitative estimate of drug-likeness (QED) is 0.262. The molecule has 40 heavy (non-hydrogen) atoms. The van der Waals surface area contributed by atoms with E-state index in [1.165, 1.54) is 12.1 Å². The zero-order valence-electron chi connectivity index (χ0n) is 21.6. The lowest BCUT2D eigenvalue weighted by Crippen LogP contribution is -2.45. The van der Waals surface area contributed by atoms with E-state index in [0.717, 1.165) is 17.8 Å². The molecule has 1 amide bonds. The highest BCUT2D eigenvalue weighted by Crippen LogP contribution is 2.37. The summed E-state index contributed by atoms with van der Waals surface area (Å²) in [6.45, 7) is 2.37. The summed E-state index contributed by atoms with van der Waals surface area (Å²) in [6.07, 6.45) is -3.59. The van der Waals surface area contributed by atoms with Gasteiger partial charge in [-0.3, -0.25) is 9.36 Å². The van der Waals surface area contributed by atoms with Gasteiger partial charge < -0.3 is 10.0 Å². The van der Waals surface area contributed by atoms with Gasteiger partial charge >= 0.3 is 6.18 Å². The van der Waals surface area contributed by atoms with E-state index in [1.807, 2.05) is 41.8 Å². The Bertz CT molecular complexity index is 1530. The highest BCUT2D eigenvalue weighted by atomic mass is 35.5. The van der Waals surface area contributed by atoms with Crippen LogP contribution in [0.3, 0.4) is 0 Å². The fourth-order valence-corrected chi connectivity index (χ4v) is 5.48. The van der Waals surface area contributed by atoms with Gasteiger partial charge in [0.15, 0.2) is 5.69 Å². The molecule has 0 spiro atoms. The predicted octanol–water partition coefficient (Wildman–Crippen LogP) is 7.55. The Hall–Kier alpha value is -3.33. The number of amides is 1. The van der Waals surface area contributed by atoms with E-state index in [9.17, 15) is 23.1 Å². The van der Waals surface area contributed by atoms with Crippen LogP contribution >= 0.6 is 23.2 Å². The number of hydrogen-bond acceptors (Lipinski definition) is 3. The molecule has 0 radical (unpaired) electrons. The summed E-state index contributed by atoms with van der Waals surface area (Å²) >= 11 is 12.7. The minimum absolute atomic E-state index is 0.181. The average Bonchev–Trinajstić information content (AvgIpc) is 3.33. The molecular weight excluding hydrogens is 562 g/mol. The highest BCUT2D eigenvalue weighted by molar-refractivity contribution is 6.33. The Kier molecular flexibility index (Phi) is 7.70. The number of carbonyl (C=O) groups excluding carboxylic acids is 1. The molecule has 0 saturated carbocycles. The molecule has 208 valence electrons. The monoisotopic (exact) mass is 587 g/mol. The van der Waals surface area contributed by atoms with Crippen molar-refractivity contribution in [1.82, 2.24) is 14.5 Å². The van der Waals surface area contributed by atoms with Gasteiger partial charge in [0.1, 0.15) is 5.82 Å². The normalized spacial score (nSPS) is 15.3. The molecule has 10 heteroatoms. The minimum atomic E-state index is -4.45. The Morgan fingerprint density at radius 2 is 1.60 bits per heavy atom. The maximum absolute atomic E-state index is 13.8. The van der Waals surface area contributed by atoms with Gasteiger partial charge in [0, 0.05) is 29.4 Å². The van der Waals surface area contributed by atoms with Gasteiger partial charge in [0.05, 0.1) is 21.9 Å². The fourth-order valence-electron chi connectivity index (χ4n) is 5.13. The lowest BCUT2D eigenvalue weighted by atomic mass is 9.84. The summed E-state index contributed by atoms with van der Waals surface area (Å²) < 4.78 is 40.8. The number of benzene rings is 3. The van der Waals surface area contributed by atoms with Gasteiger partial charge in [0.25, 0.3) is 5.91 Å². The van der Waals surface area contributed by atoms with Crippen LogP contribution in [0.25, 0.3) is 17.1 Å². The number of aliphatic hydroxyl groups is 1. The van der Waals surface area contributed by atoms with Crippen LogP contribution in [-0.2, 0) is 18.2 Å². The molecule has 4 aromatic rings. The summed E-state index contributed by atoms with van der Waals surface area (Å²) in [6, 6.07) is 19.1. The van der Waals surface area contributed by atoms with E-state index >= 15 is 0 Å². The van der Waals surface area contributed by atoms with Gasteiger partial charge in [-0.05, 0) is 73.4 Å². The molecule has 0 unspecified atom stereocenters. The summed E-state index contributed by atoms with van der Waals surface area (Å²) in [7, 11) is 0. The third kappa shape index (κ3) is 5.36. The van der Waals surface area contributed by atoms with Crippen molar-refractivity contribution in [2.75, 3.05) is 13.1 Å². The van der Waals surface area contributed by atoms with Crippen LogP contribution in [0.4, 0.5) is 13.2 Å². The number of halogens is 5. The number of alkyl halides is 3. The largest absolute Gasteiger partial charge is 0.416 e. The number of imidazole rings is 1. The molecule has 1 N–H and O–H groups in total. The second kappa shape index (κ2) is 10.9. The predicted molar refractivity (Wildman–Crippen MR) is 149 cm³/mol. The number of rotatable bonds is 5. The first-order valence-corrected chi connectivity index (χ1v) is 13.6. The first-order valence-electron chi connectivity index (χ1n) is 12.8. The third-order valence-corrected chi connectivity index (χ3v) is 7.92. The van der Waals surface area contributed by atoms with E-state index in [-0.39, 0.29) is 37.5 Å². The summed E-state index contributed by atoms with van der Waals surface area (Å²) in [5.74, 6) is 0.235. The van der Waals surface area contributed by atoms with E-state index in [1.54, 1.807) is 23.1 Å². The summed E-state index contributed by atoms with van der Waals surface area (Å²) in [4.78, 5) is 20.3. The Morgan fingerprint density at radius 1 is 0.975 bits per heavy atom. The number of likely N-dealkylation sites (tertiary alicyclic amines) is 1. The molecule has 5 rings (SSSR count). The molecule has 1 aromatic heterocycles. The second-order valence-electron chi connectivity index (χ2n) is 9.77. The first kappa shape index (κ1) is 28.2. The first-order chi connectivity index (χ1) is 19.0. The molecular formula is C30H26Cl2F3N3O2. The van der Waals surface area contributed by atoms with E-state index in [0.29, 0.717) is 39.1 Å². The van der Waals surface area contributed by atoms with Crippen LogP contribution in [0.2, 0.25) is 10.0 Å². The Labute approximate surface area is 239 Å². The topological polar surface area (TPSA) is 58.4 Å². The van der Waals surface area contributed by atoms with E-state index < -0.39 is 17.3 Å². The van der Waals surface area contributed by atoms with Gasteiger partial charge in [-0.2, -0.15) is 13.2 Å². The van der Waals surface area contributed by atoms with Crippen LogP contribution < -0.4 is 0 Å². The number of hydrogen-bond donors (Lipinski definition) is 1. The van der Waals surface area contributed by atoms with E-state index in [4.69, 9.17) is 28.2 Å². The fraction of sp³-hybridized carbons (Fsp3) is 0.267. The van der Waals surface area contributed by atoms with Crippen molar-refractivity contribution < 1.29 is 23.1 Å². The van der Waals surface area contributed by atoms with Crippen molar-refractivity contribution in [3.8, 4) is 17.1 Å². The molecule has 2 heterocycles. The summed E-state index contributed by atoms with van der Waals surface area (Å²) in [5, 5.41) is 12.3. The number of aromatic nitrogens is 2. The molecule has 1 aliphatic heterocycles. The maximum Gasteiger partial charge on any atom is 0.416 e.